The smallest absolute Gasteiger partial charge is 0.383 e. The largest absolute Gasteiger partial charge is 0.493 e. The average Bonchev–Trinajstić information content (AvgIpc) is 3.46. The van der Waals surface area contributed by atoms with Crippen molar-refractivity contribution in [1.29, 1.82) is 0 Å². The lowest BCUT2D eigenvalue weighted by atomic mass is 9.91. The van der Waals surface area contributed by atoms with E-state index in [4.69, 9.17) is 43.6 Å². The summed E-state index contributed by atoms with van der Waals surface area (Å²) in [5.74, 6) is 4.96. The summed E-state index contributed by atoms with van der Waals surface area (Å²) < 4.78 is 40.3. The van der Waals surface area contributed by atoms with Gasteiger partial charge >= 0.3 is 15.1 Å². The van der Waals surface area contributed by atoms with Crippen LogP contribution in [0.4, 0.5) is 0 Å². The van der Waals surface area contributed by atoms with Gasteiger partial charge in [-0.05, 0) is 121 Å². The fourth-order valence-corrected chi connectivity index (χ4v) is 16.7. The van der Waals surface area contributed by atoms with Crippen LogP contribution in [0.2, 0.25) is 0 Å². The summed E-state index contributed by atoms with van der Waals surface area (Å²) in [6.45, 7) is 10.8. The second-order valence-electron chi connectivity index (χ2n) is 19.6. The fourth-order valence-electron chi connectivity index (χ4n) is 10.6. The molecule has 6 nitrogen and oxygen atoms in total. The number of hydrogen-bond acceptors (Lipinski definition) is 6. The quantitative estimate of drug-likeness (QED) is 0.0560. The summed E-state index contributed by atoms with van der Waals surface area (Å²) in [6.07, 6.45) is 5.47. The van der Waals surface area contributed by atoms with Crippen LogP contribution in [0.25, 0.3) is 0 Å². The third-order valence-corrected chi connectivity index (χ3v) is 20.8. The molecule has 76 heavy (non-hydrogen) atoms. The number of para-hydroxylation sites is 4. The van der Waals surface area contributed by atoms with E-state index in [1.165, 1.54) is 0 Å². The Balaban J connectivity index is 1.37. The lowest BCUT2D eigenvalue weighted by Gasteiger charge is -2.29. The molecule has 0 N–H and O–H groups in total. The molecule has 1 aliphatic rings. The maximum atomic E-state index is 8.15. The molecule has 0 spiro atoms. The molecule has 0 saturated heterocycles. The van der Waals surface area contributed by atoms with E-state index in [1.807, 2.05) is 36.4 Å². The first kappa shape index (κ1) is 54.3. The van der Waals surface area contributed by atoms with Crippen molar-refractivity contribution in [3.8, 4) is 34.5 Å². The number of methoxy groups -OCH3 is 2. The first-order valence-electron chi connectivity index (χ1n) is 27.0. The third-order valence-electron chi connectivity index (χ3n) is 14.2. The molecule has 384 valence electrons. The van der Waals surface area contributed by atoms with Crippen LogP contribution in [-0.2, 0) is 25.7 Å². The molecule has 2 unspecified atom stereocenters. The van der Waals surface area contributed by atoms with Crippen molar-refractivity contribution < 1.29 is 28.4 Å². The summed E-state index contributed by atoms with van der Waals surface area (Å²) in [5.41, 5.74) is 8.37. The van der Waals surface area contributed by atoms with Crippen molar-refractivity contribution >= 4 is 61.2 Å². The van der Waals surface area contributed by atoms with E-state index in [0.717, 1.165) is 137 Å². The molecule has 0 saturated carbocycles. The van der Waals surface area contributed by atoms with E-state index in [2.05, 4.69) is 161 Å². The van der Waals surface area contributed by atoms with Crippen LogP contribution in [0, 0.1) is 0 Å². The molecular formula is C66H70B2O6P2+2. The van der Waals surface area contributed by atoms with Gasteiger partial charge in [0.15, 0.2) is 11.5 Å². The van der Waals surface area contributed by atoms with Crippen molar-refractivity contribution in [2.75, 3.05) is 40.6 Å². The Morgan fingerprint density at radius 3 is 0.895 bits per heavy atom. The number of fused-ring (bicyclic) bond motifs is 8. The summed E-state index contributed by atoms with van der Waals surface area (Å²) in [6, 6.07) is 59.9. The first-order valence-corrected chi connectivity index (χ1v) is 30.7. The SMILES string of the molecule is [B][P+](c1ccccc1)(c1cc2c(OCCC)c(c1)Cc1cccc(c1OCCC)Cc1cc([P+]([B])(c3ccccc3)c3ccccc3OC)cc(c1OCCC)Cc1cccc(c1OCCC)C2)c1ccccc1OC. The molecule has 10 heteroatoms. The van der Waals surface area contributed by atoms with Crippen molar-refractivity contribution in [3.05, 3.63) is 214 Å². The van der Waals surface area contributed by atoms with Gasteiger partial charge < -0.3 is 28.4 Å². The number of hydrogen-bond donors (Lipinski definition) is 0. The van der Waals surface area contributed by atoms with E-state index in [9.17, 15) is 0 Å². The highest BCUT2D eigenvalue weighted by atomic mass is 31.2. The zero-order chi connectivity index (χ0) is 53.1. The molecular weight excluding hydrogens is 972 g/mol. The van der Waals surface area contributed by atoms with E-state index >= 15 is 0 Å². The Hall–Kier alpha value is -6.45. The molecule has 9 rings (SSSR count). The minimum absolute atomic E-state index is 0.524. The zero-order valence-corrected chi connectivity index (χ0v) is 46.9. The topological polar surface area (TPSA) is 55.4 Å². The van der Waals surface area contributed by atoms with Crippen LogP contribution in [0.3, 0.4) is 0 Å². The number of ether oxygens (including phenoxy) is 6. The highest BCUT2D eigenvalue weighted by molar-refractivity contribution is 8.14. The average molecular weight is 1040 g/mol. The minimum Gasteiger partial charge on any atom is -0.493 e. The molecule has 0 aromatic heterocycles. The van der Waals surface area contributed by atoms with Crippen molar-refractivity contribution in [1.82, 2.24) is 0 Å². The second-order valence-corrected chi connectivity index (χ2v) is 25.5. The maximum absolute atomic E-state index is 8.15. The Kier molecular flexibility index (Phi) is 18.0. The second kappa shape index (κ2) is 25.1. The van der Waals surface area contributed by atoms with Crippen LogP contribution < -0.4 is 60.2 Å². The molecule has 0 aliphatic heterocycles. The Morgan fingerprint density at radius 1 is 0.329 bits per heavy atom. The van der Waals surface area contributed by atoms with E-state index in [-0.39, 0.29) is 0 Å². The summed E-state index contributed by atoms with van der Waals surface area (Å²) in [7, 11) is 14.0. The molecule has 8 aromatic carbocycles. The van der Waals surface area contributed by atoms with Gasteiger partial charge in [0.2, 0.25) is 0 Å². The van der Waals surface area contributed by atoms with Gasteiger partial charge in [0.1, 0.15) is 33.6 Å². The van der Waals surface area contributed by atoms with Gasteiger partial charge in [-0.1, -0.05) is 125 Å². The number of benzene rings is 8. The highest BCUT2D eigenvalue weighted by Crippen LogP contribution is 2.55. The Labute approximate surface area is 455 Å². The molecule has 0 amide bonds. The maximum Gasteiger partial charge on any atom is 0.383 e. The molecule has 4 radical (unpaired) electrons. The predicted molar refractivity (Wildman–Crippen MR) is 322 cm³/mol. The summed E-state index contributed by atoms with van der Waals surface area (Å²) in [5, 5.41) is 6.09. The Morgan fingerprint density at radius 2 is 0.605 bits per heavy atom. The molecule has 0 heterocycles. The zero-order valence-electron chi connectivity index (χ0n) is 45.1. The molecule has 1 aliphatic carbocycles. The molecule has 8 aromatic rings. The van der Waals surface area contributed by atoms with Crippen LogP contribution >= 0.6 is 14.3 Å². The van der Waals surface area contributed by atoms with Gasteiger partial charge in [-0.25, -0.2) is 0 Å². The van der Waals surface area contributed by atoms with Crippen molar-refractivity contribution in [2.24, 2.45) is 0 Å². The van der Waals surface area contributed by atoms with Crippen LogP contribution in [0.1, 0.15) is 97.9 Å². The van der Waals surface area contributed by atoms with Crippen molar-refractivity contribution in [2.45, 2.75) is 79.1 Å². The first-order chi connectivity index (χ1) is 37.2. The van der Waals surface area contributed by atoms with Gasteiger partial charge in [-0.15, -0.1) is 0 Å². The monoisotopic (exact) mass is 1040 g/mol. The van der Waals surface area contributed by atoms with Gasteiger partial charge in [0, 0.05) is 47.9 Å². The lowest BCUT2D eigenvalue weighted by molar-refractivity contribution is 0.305. The van der Waals surface area contributed by atoms with Crippen LogP contribution in [0.15, 0.2) is 170 Å². The highest BCUT2D eigenvalue weighted by Gasteiger charge is 2.45. The van der Waals surface area contributed by atoms with Gasteiger partial charge in [-0.3, -0.25) is 0 Å². The van der Waals surface area contributed by atoms with E-state index in [1.54, 1.807) is 14.2 Å². The normalized spacial score (nSPS) is 13.7. The van der Waals surface area contributed by atoms with E-state index < -0.39 is 14.3 Å². The molecule has 2 atom stereocenters. The molecule has 0 fully saturated rings. The van der Waals surface area contributed by atoms with Gasteiger partial charge in [0.25, 0.3) is 0 Å². The standard InChI is InChI=1S/C66H70B2O6P2/c1-7-35-71-63-47-23-21-24-48(63)40-52-44-58(76(68,56-29-15-12-16-30-56)62-34-20-18-32-60(62)70-6)46-54(66(52)74-38-10-4)42-50-26-22-25-49(64(50)72-36-8-2)41-53-45-57(43-51(39-47)65(53)73-37-9-3)75(67,55-27-13-11-14-28-55)61-33-19-17-31-59(61)69-5/h11-34,43-46H,7-10,35-42H2,1-6H3/q+2. The van der Waals surface area contributed by atoms with Gasteiger partial charge in [-0.2, -0.15) is 0 Å². The third kappa shape index (κ3) is 11.2. The Bertz CT molecular complexity index is 2940. The van der Waals surface area contributed by atoms with Crippen molar-refractivity contribution in [3.63, 3.8) is 0 Å². The summed E-state index contributed by atoms with van der Waals surface area (Å²) in [4.78, 5) is 0. The van der Waals surface area contributed by atoms with Gasteiger partial charge in [0.05, 0.1) is 76.1 Å². The van der Waals surface area contributed by atoms with Crippen LogP contribution in [-0.4, -0.2) is 55.8 Å². The number of rotatable bonds is 20. The molecule has 8 bridgehead atoms. The lowest BCUT2D eigenvalue weighted by Crippen LogP contribution is -2.33. The van der Waals surface area contributed by atoms with Crippen LogP contribution in [0.5, 0.6) is 34.5 Å². The fraction of sp³-hybridized carbons (Fsp3) is 0.273. The van der Waals surface area contributed by atoms with E-state index in [0.29, 0.717) is 52.1 Å². The summed E-state index contributed by atoms with van der Waals surface area (Å²) >= 11 is 0. The minimum atomic E-state index is -2.87. The predicted octanol–water partition coefficient (Wildman–Crippen LogP) is 12.3.